The van der Waals surface area contributed by atoms with Gasteiger partial charge < -0.3 is 10.1 Å². The van der Waals surface area contributed by atoms with E-state index in [1.807, 2.05) is 0 Å². The van der Waals surface area contributed by atoms with Gasteiger partial charge in [0.15, 0.2) is 0 Å². The summed E-state index contributed by atoms with van der Waals surface area (Å²) >= 11 is 0. The van der Waals surface area contributed by atoms with Gasteiger partial charge in [-0.25, -0.2) is 13.1 Å². The lowest BCUT2D eigenvalue weighted by Crippen LogP contribution is -2.33. The third-order valence-corrected chi connectivity index (χ3v) is 6.35. The molecule has 0 bridgehead atoms. The monoisotopic (exact) mass is 423 g/mol. The lowest BCUT2D eigenvalue weighted by atomic mass is 10.2. The number of nitrogens with one attached hydrogen (secondary N) is 2. The van der Waals surface area contributed by atoms with E-state index >= 15 is 0 Å². The Balaban J connectivity index is 1.50. The van der Waals surface area contributed by atoms with Crippen molar-refractivity contribution in [3.8, 4) is 0 Å². The lowest BCUT2D eigenvalue weighted by Gasteiger charge is -2.14. The molecular weight excluding hydrogens is 398 g/mol. The first-order valence-corrected chi connectivity index (χ1v) is 11.2. The fourth-order valence-corrected chi connectivity index (χ4v) is 4.42. The van der Waals surface area contributed by atoms with E-state index in [0.29, 0.717) is 13.0 Å². The third kappa shape index (κ3) is 5.62. The van der Waals surface area contributed by atoms with Crippen LogP contribution in [0.15, 0.2) is 29.2 Å². The predicted molar refractivity (Wildman–Crippen MR) is 104 cm³/mol. The number of amides is 3. The minimum Gasteiger partial charge on any atom is -0.377 e. The van der Waals surface area contributed by atoms with Crippen molar-refractivity contribution in [1.82, 2.24) is 14.9 Å². The predicted octanol–water partition coefficient (Wildman–Crippen LogP) is 0.413. The Labute approximate surface area is 169 Å². The number of rotatable bonds is 9. The molecule has 3 amide bonds. The number of imide groups is 1. The normalized spacial score (nSPS) is 19.7. The second-order valence-corrected chi connectivity index (χ2v) is 8.83. The van der Waals surface area contributed by atoms with E-state index in [2.05, 4.69) is 10.0 Å². The van der Waals surface area contributed by atoms with Crippen LogP contribution >= 0.6 is 0 Å². The highest BCUT2D eigenvalue weighted by atomic mass is 32.2. The molecular formula is C19H25N3O6S. The Morgan fingerprint density at radius 1 is 1.21 bits per heavy atom. The van der Waals surface area contributed by atoms with Gasteiger partial charge in [-0.3, -0.25) is 19.3 Å². The largest absolute Gasteiger partial charge is 0.377 e. The lowest BCUT2D eigenvalue weighted by molar-refractivity contribution is -0.138. The number of sulfonamides is 1. The van der Waals surface area contributed by atoms with Gasteiger partial charge in [0.25, 0.3) is 5.91 Å². The SMILES string of the molecule is O=C(NCCCN1C(=O)CCC1=O)c1cccc(S(=O)(=O)NCC2CCCO2)c1. The van der Waals surface area contributed by atoms with Crippen LogP contribution in [0.25, 0.3) is 0 Å². The molecule has 1 aromatic rings. The first-order valence-electron chi connectivity index (χ1n) is 9.69. The zero-order valence-electron chi connectivity index (χ0n) is 16.1. The van der Waals surface area contributed by atoms with Crippen molar-refractivity contribution in [1.29, 1.82) is 0 Å². The van der Waals surface area contributed by atoms with E-state index in [0.717, 1.165) is 12.8 Å². The van der Waals surface area contributed by atoms with Crippen LogP contribution in [-0.4, -0.2) is 63.4 Å². The number of benzene rings is 1. The molecule has 1 aromatic carbocycles. The van der Waals surface area contributed by atoms with Crippen LogP contribution in [0.4, 0.5) is 0 Å². The highest BCUT2D eigenvalue weighted by molar-refractivity contribution is 7.89. The molecule has 3 rings (SSSR count). The summed E-state index contributed by atoms with van der Waals surface area (Å²) in [5.74, 6) is -0.787. The number of carbonyl (C=O) groups is 3. The highest BCUT2D eigenvalue weighted by Crippen LogP contribution is 2.15. The summed E-state index contributed by atoms with van der Waals surface area (Å²) in [5.41, 5.74) is 0.221. The molecule has 0 aliphatic carbocycles. The van der Waals surface area contributed by atoms with Gasteiger partial charge in [-0.05, 0) is 37.5 Å². The minimum atomic E-state index is -3.74. The Bertz CT molecular complexity index is 864. The maximum Gasteiger partial charge on any atom is 0.251 e. The van der Waals surface area contributed by atoms with E-state index in [4.69, 9.17) is 4.74 Å². The molecule has 158 valence electrons. The topological polar surface area (TPSA) is 122 Å². The standard InChI is InChI=1S/C19H25N3O6S/c23-17-7-8-18(24)22(17)10-3-9-20-19(25)14-4-1-6-16(12-14)29(26,27)21-13-15-5-2-11-28-15/h1,4,6,12,15,21H,2-3,5,7-11,13H2,(H,20,25). The maximum atomic E-state index is 12.5. The van der Waals surface area contributed by atoms with Crippen molar-refractivity contribution in [2.75, 3.05) is 26.2 Å². The van der Waals surface area contributed by atoms with Crippen LogP contribution in [-0.2, 0) is 24.3 Å². The maximum absolute atomic E-state index is 12.5. The Kier molecular flexibility index (Phi) is 6.99. The fraction of sp³-hybridized carbons (Fsp3) is 0.526. The highest BCUT2D eigenvalue weighted by Gasteiger charge is 2.28. The quantitative estimate of drug-likeness (QED) is 0.438. The van der Waals surface area contributed by atoms with E-state index in [9.17, 15) is 22.8 Å². The molecule has 2 aliphatic heterocycles. The van der Waals surface area contributed by atoms with E-state index in [-0.39, 0.29) is 60.9 Å². The summed E-state index contributed by atoms with van der Waals surface area (Å²) in [5, 5.41) is 2.68. The second kappa shape index (κ2) is 9.47. The van der Waals surface area contributed by atoms with Crippen molar-refractivity contribution in [2.24, 2.45) is 0 Å². The van der Waals surface area contributed by atoms with Gasteiger partial charge in [0.05, 0.1) is 11.0 Å². The van der Waals surface area contributed by atoms with Gasteiger partial charge in [-0.15, -0.1) is 0 Å². The molecule has 0 radical (unpaired) electrons. The molecule has 0 spiro atoms. The number of carbonyl (C=O) groups excluding carboxylic acids is 3. The van der Waals surface area contributed by atoms with Crippen LogP contribution in [0.5, 0.6) is 0 Å². The van der Waals surface area contributed by atoms with Gasteiger partial charge in [-0.2, -0.15) is 0 Å². The van der Waals surface area contributed by atoms with Gasteiger partial charge in [0, 0.05) is 44.6 Å². The van der Waals surface area contributed by atoms with E-state index < -0.39 is 15.9 Å². The third-order valence-electron chi connectivity index (χ3n) is 4.93. The van der Waals surface area contributed by atoms with Gasteiger partial charge in [0.1, 0.15) is 0 Å². The molecule has 2 saturated heterocycles. The van der Waals surface area contributed by atoms with Crippen LogP contribution < -0.4 is 10.0 Å². The van der Waals surface area contributed by atoms with Crippen LogP contribution in [0.3, 0.4) is 0 Å². The van der Waals surface area contributed by atoms with Crippen molar-refractivity contribution in [3.63, 3.8) is 0 Å². The Hall–Kier alpha value is -2.30. The van der Waals surface area contributed by atoms with Crippen LogP contribution in [0, 0.1) is 0 Å². The average molecular weight is 423 g/mol. The van der Waals surface area contributed by atoms with E-state index in [1.165, 1.54) is 29.2 Å². The smallest absolute Gasteiger partial charge is 0.251 e. The summed E-state index contributed by atoms with van der Waals surface area (Å²) in [6, 6.07) is 5.79. The van der Waals surface area contributed by atoms with Crippen molar-refractivity contribution < 1.29 is 27.5 Å². The molecule has 1 unspecified atom stereocenters. The molecule has 2 aliphatic rings. The molecule has 2 heterocycles. The Morgan fingerprint density at radius 3 is 2.66 bits per heavy atom. The summed E-state index contributed by atoms with van der Waals surface area (Å²) < 4.78 is 32.9. The average Bonchev–Trinajstić information content (AvgIpc) is 3.34. The van der Waals surface area contributed by atoms with E-state index in [1.54, 1.807) is 0 Å². The zero-order chi connectivity index (χ0) is 20.9. The van der Waals surface area contributed by atoms with Crippen molar-refractivity contribution in [2.45, 2.75) is 43.1 Å². The zero-order valence-corrected chi connectivity index (χ0v) is 16.9. The number of nitrogens with zero attached hydrogens (tertiary/aromatic N) is 1. The minimum absolute atomic E-state index is 0.0106. The van der Waals surface area contributed by atoms with Gasteiger partial charge in [0.2, 0.25) is 21.8 Å². The molecule has 0 aromatic heterocycles. The second-order valence-electron chi connectivity index (χ2n) is 7.06. The molecule has 10 heteroatoms. The molecule has 29 heavy (non-hydrogen) atoms. The number of likely N-dealkylation sites (tertiary alicyclic amines) is 1. The fourth-order valence-electron chi connectivity index (χ4n) is 3.31. The van der Waals surface area contributed by atoms with Crippen molar-refractivity contribution in [3.05, 3.63) is 29.8 Å². The van der Waals surface area contributed by atoms with Crippen LogP contribution in [0.1, 0.15) is 42.5 Å². The molecule has 0 saturated carbocycles. The number of hydrogen-bond donors (Lipinski definition) is 2. The summed E-state index contributed by atoms with van der Waals surface area (Å²) in [4.78, 5) is 36.6. The molecule has 2 fully saturated rings. The number of ether oxygens (including phenoxy) is 1. The Morgan fingerprint density at radius 2 is 1.97 bits per heavy atom. The molecule has 2 N–H and O–H groups in total. The van der Waals surface area contributed by atoms with Crippen molar-refractivity contribution >= 4 is 27.7 Å². The summed E-state index contributed by atoms with van der Waals surface area (Å²) in [6.07, 6.45) is 2.54. The number of hydrogen-bond acceptors (Lipinski definition) is 6. The summed E-state index contributed by atoms with van der Waals surface area (Å²) in [7, 11) is -3.74. The van der Waals surface area contributed by atoms with Gasteiger partial charge >= 0.3 is 0 Å². The first kappa shape index (κ1) is 21.4. The summed E-state index contributed by atoms with van der Waals surface area (Å²) in [6.45, 7) is 1.37. The molecule has 1 atom stereocenters. The molecule has 9 nitrogen and oxygen atoms in total. The first-order chi connectivity index (χ1) is 13.9. The van der Waals surface area contributed by atoms with Crippen LogP contribution in [0.2, 0.25) is 0 Å². The van der Waals surface area contributed by atoms with Gasteiger partial charge in [-0.1, -0.05) is 6.07 Å².